The van der Waals surface area contributed by atoms with Gasteiger partial charge in [-0.1, -0.05) is 18.2 Å². The monoisotopic (exact) mass is 367 g/mol. The molecule has 3 aromatic rings. The van der Waals surface area contributed by atoms with Crippen LogP contribution >= 0.6 is 11.3 Å². The lowest BCUT2D eigenvalue weighted by Gasteiger charge is -2.07. The maximum atomic E-state index is 12.1. The minimum Gasteiger partial charge on any atom is -0.326 e. The smallest absolute Gasteiger partial charge is 0.224 e. The summed E-state index contributed by atoms with van der Waals surface area (Å²) in [6.45, 7) is 1.46. The second-order valence-corrected chi connectivity index (χ2v) is 7.21. The summed E-state index contributed by atoms with van der Waals surface area (Å²) in [4.78, 5) is 27.8. The van der Waals surface area contributed by atoms with E-state index in [0.717, 1.165) is 29.8 Å². The molecule has 1 heterocycles. The van der Waals surface area contributed by atoms with Gasteiger partial charge >= 0.3 is 0 Å². The first-order valence-corrected chi connectivity index (χ1v) is 9.44. The van der Waals surface area contributed by atoms with Crippen molar-refractivity contribution in [2.24, 2.45) is 0 Å². The molecule has 0 saturated heterocycles. The molecule has 2 N–H and O–H groups in total. The highest BCUT2D eigenvalue weighted by Gasteiger charge is 2.06. The van der Waals surface area contributed by atoms with Gasteiger partial charge in [-0.05, 0) is 49.6 Å². The summed E-state index contributed by atoms with van der Waals surface area (Å²) in [5.74, 6) is -0.155. The lowest BCUT2D eigenvalue weighted by molar-refractivity contribution is -0.116. The Hall–Kier alpha value is -2.73. The van der Waals surface area contributed by atoms with Crippen LogP contribution in [0.4, 0.5) is 11.4 Å². The first kappa shape index (κ1) is 18.1. The van der Waals surface area contributed by atoms with Crippen LogP contribution in [0.25, 0.3) is 10.2 Å². The van der Waals surface area contributed by atoms with Gasteiger partial charge in [0.25, 0.3) is 0 Å². The number of nitrogens with one attached hydrogen (secondary N) is 2. The number of unbranched alkanes of at least 4 members (excludes halogenated alkanes) is 1. The van der Waals surface area contributed by atoms with Crippen LogP contribution in [0, 0.1) is 0 Å². The lowest BCUT2D eigenvalue weighted by Crippen LogP contribution is -2.12. The van der Waals surface area contributed by atoms with Crippen molar-refractivity contribution in [3.63, 3.8) is 0 Å². The number of carbonyl (C=O) groups is 2. The Labute approximate surface area is 156 Å². The highest BCUT2D eigenvalue weighted by atomic mass is 32.1. The summed E-state index contributed by atoms with van der Waals surface area (Å²) in [5, 5.41) is 6.70. The molecule has 6 heteroatoms. The molecule has 26 heavy (non-hydrogen) atoms. The molecule has 2 aromatic carbocycles. The number of fused-ring (bicyclic) bond motifs is 1. The first-order chi connectivity index (χ1) is 12.6. The van der Waals surface area contributed by atoms with Gasteiger partial charge in [0.2, 0.25) is 11.8 Å². The molecule has 0 radical (unpaired) electrons. The third kappa shape index (κ3) is 5.13. The molecule has 0 saturated carbocycles. The van der Waals surface area contributed by atoms with Gasteiger partial charge < -0.3 is 10.6 Å². The summed E-state index contributed by atoms with van der Waals surface area (Å²) in [7, 11) is 0. The van der Waals surface area contributed by atoms with Gasteiger partial charge in [0.15, 0.2) is 0 Å². The minimum absolute atomic E-state index is 0.0192. The molecule has 0 fully saturated rings. The molecule has 3 rings (SSSR count). The average molecular weight is 367 g/mol. The molecular formula is C20H21N3O2S. The Bertz CT molecular complexity index is 887. The van der Waals surface area contributed by atoms with Crippen molar-refractivity contribution in [2.45, 2.75) is 32.6 Å². The van der Waals surface area contributed by atoms with E-state index in [1.54, 1.807) is 29.5 Å². The summed E-state index contributed by atoms with van der Waals surface area (Å²) in [6, 6.07) is 15.3. The van der Waals surface area contributed by atoms with Crippen molar-refractivity contribution in [3.8, 4) is 0 Å². The van der Waals surface area contributed by atoms with Crippen LogP contribution in [-0.4, -0.2) is 16.8 Å². The molecule has 1 aromatic heterocycles. The highest BCUT2D eigenvalue weighted by molar-refractivity contribution is 7.18. The fourth-order valence-electron chi connectivity index (χ4n) is 2.69. The van der Waals surface area contributed by atoms with Crippen LogP contribution in [0.2, 0.25) is 0 Å². The van der Waals surface area contributed by atoms with E-state index < -0.39 is 0 Å². The molecule has 0 bridgehead atoms. The van der Waals surface area contributed by atoms with Gasteiger partial charge in [0.1, 0.15) is 0 Å². The Morgan fingerprint density at radius 3 is 2.54 bits per heavy atom. The van der Waals surface area contributed by atoms with E-state index in [2.05, 4.69) is 21.7 Å². The summed E-state index contributed by atoms with van der Waals surface area (Å²) in [5.41, 5.74) is 2.41. The zero-order chi connectivity index (χ0) is 18.4. The maximum absolute atomic E-state index is 12.1. The van der Waals surface area contributed by atoms with Gasteiger partial charge in [-0.15, -0.1) is 11.3 Å². The normalized spacial score (nSPS) is 10.7. The molecule has 0 aliphatic rings. The number of benzene rings is 2. The SMILES string of the molecule is CC(=O)Nc1cccc(NC(=O)CCCCc2nc3ccccc3s2)c1. The van der Waals surface area contributed by atoms with E-state index in [1.165, 1.54) is 11.6 Å². The van der Waals surface area contributed by atoms with Crippen molar-refractivity contribution < 1.29 is 9.59 Å². The van der Waals surface area contributed by atoms with Gasteiger partial charge in [0, 0.05) is 24.7 Å². The van der Waals surface area contributed by atoms with Gasteiger partial charge in [-0.25, -0.2) is 4.98 Å². The van der Waals surface area contributed by atoms with E-state index in [4.69, 9.17) is 0 Å². The maximum Gasteiger partial charge on any atom is 0.224 e. The number of rotatable bonds is 7. The second kappa shape index (κ2) is 8.58. The van der Waals surface area contributed by atoms with Gasteiger partial charge in [0.05, 0.1) is 15.2 Å². The number of anilines is 2. The number of carbonyl (C=O) groups excluding carboxylic acids is 2. The van der Waals surface area contributed by atoms with Crippen LogP contribution in [0.15, 0.2) is 48.5 Å². The largest absolute Gasteiger partial charge is 0.326 e. The number of hydrogen-bond acceptors (Lipinski definition) is 4. The zero-order valence-electron chi connectivity index (χ0n) is 14.6. The Morgan fingerprint density at radius 1 is 1.00 bits per heavy atom. The van der Waals surface area contributed by atoms with E-state index >= 15 is 0 Å². The van der Waals surface area contributed by atoms with Crippen LogP contribution in [0.5, 0.6) is 0 Å². The number of nitrogens with zero attached hydrogens (tertiary/aromatic N) is 1. The van der Waals surface area contributed by atoms with E-state index in [1.807, 2.05) is 24.3 Å². The van der Waals surface area contributed by atoms with Crippen molar-refractivity contribution in [1.82, 2.24) is 4.98 Å². The van der Waals surface area contributed by atoms with Crippen LogP contribution in [-0.2, 0) is 16.0 Å². The fraction of sp³-hybridized carbons (Fsp3) is 0.250. The number of thiazole rings is 1. The molecular weight excluding hydrogens is 346 g/mol. The summed E-state index contributed by atoms with van der Waals surface area (Å²) >= 11 is 1.72. The zero-order valence-corrected chi connectivity index (χ0v) is 15.4. The molecule has 0 spiro atoms. The number of hydrogen-bond donors (Lipinski definition) is 2. The highest BCUT2D eigenvalue weighted by Crippen LogP contribution is 2.23. The van der Waals surface area contributed by atoms with Crippen LogP contribution in [0.3, 0.4) is 0 Å². The number of amides is 2. The molecule has 0 unspecified atom stereocenters. The number of aromatic nitrogens is 1. The minimum atomic E-state index is -0.136. The third-order valence-electron chi connectivity index (χ3n) is 3.85. The van der Waals surface area contributed by atoms with E-state index in [0.29, 0.717) is 17.8 Å². The first-order valence-electron chi connectivity index (χ1n) is 8.62. The molecule has 0 aliphatic carbocycles. The standard InChI is InChI=1S/C20H21N3O2S/c1-14(24)21-15-7-6-8-16(13-15)22-19(25)11-4-5-12-20-23-17-9-2-3-10-18(17)26-20/h2-3,6-10,13H,4-5,11-12H2,1H3,(H,21,24)(H,22,25). The Balaban J connectivity index is 1.43. The van der Waals surface area contributed by atoms with Crippen LogP contribution < -0.4 is 10.6 Å². The lowest BCUT2D eigenvalue weighted by atomic mass is 10.2. The Morgan fingerprint density at radius 2 is 1.77 bits per heavy atom. The van der Waals surface area contributed by atoms with Crippen molar-refractivity contribution in [3.05, 3.63) is 53.5 Å². The molecule has 0 atom stereocenters. The van der Waals surface area contributed by atoms with E-state index in [9.17, 15) is 9.59 Å². The molecule has 134 valence electrons. The van der Waals surface area contributed by atoms with Crippen molar-refractivity contribution in [1.29, 1.82) is 0 Å². The van der Waals surface area contributed by atoms with E-state index in [-0.39, 0.29) is 11.8 Å². The quantitative estimate of drug-likeness (QED) is 0.599. The van der Waals surface area contributed by atoms with Gasteiger partial charge in [-0.2, -0.15) is 0 Å². The third-order valence-corrected chi connectivity index (χ3v) is 4.95. The van der Waals surface area contributed by atoms with Gasteiger partial charge in [-0.3, -0.25) is 9.59 Å². The summed E-state index contributed by atoms with van der Waals surface area (Å²) < 4.78 is 1.21. The average Bonchev–Trinajstić information content (AvgIpc) is 3.01. The van der Waals surface area contributed by atoms with Crippen molar-refractivity contribution in [2.75, 3.05) is 10.6 Å². The number of para-hydroxylation sites is 1. The summed E-state index contributed by atoms with van der Waals surface area (Å²) in [6.07, 6.45) is 3.10. The molecule has 5 nitrogen and oxygen atoms in total. The topological polar surface area (TPSA) is 71.1 Å². The molecule has 2 amide bonds. The molecule has 0 aliphatic heterocycles. The fourth-order valence-corrected chi connectivity index (χ4v) is 3.70. The Kier molecular flexibility index (Phi) is 5.96. The van der Waals surface area contributed by atoms with Crippen LogP contribution in [0.1, 0.15) is 31.2 Å². The predicted molar refractivity (Wildman–Crippen MR) is 107 cm³/mol. The second-order valence-electron chi connectivity index (χ2n) is 6.09. The van der Waals surface area contributed by atoms with Crippen molar-refractivity contribution >= 4 is 44.7 Å². The number of aryl methyl sites for hydroxylation is 1. The predicted octanol–water partition coefficient (Wildman–Crippen LogP) is 4.61.